The Morgan fingerprint density at radius 3 is 1.38 bits per heavy atom. The van der Waals surface area contributed by atoms with Gasteiger partial charge in [-0.15, -0.1) is 0 Å². The van der Waals surface area contributed by atoms with E-state index in [0.717, 1.165) is 0 Å². The SMILES string of the molecule is CCCCCCCC=C[Si](C=CCCCCCCCCC)(CCCCCCC)c1ccccc1. The molecule has 0 saturated carbocycles. The van der Waals surface area contributed by atoms with Crippen LogP contribution in [-0.4, -0.2) is 8.07 Å². The molecule has 0 aromatic heterocycles. The third kappa shape index (κ3) is 15.0. The molecule has 0 bridgehead atoms. The van der Waals surface area contributed by atoms with Crippen molar-refractivity contribution < 1.29 is 0 Å². The van der Waals surface area contributed by atoms with Gasteiger partial charge in [0, 0.05) is 0 Å². The Morgan fingerprint density at radius 2 is 0.912 bits per heavy atom. The Morgan fingerprint density at radius 1 is 0.500 bits per heavy atom. The predicted octanol–water partition coefficient (Wildman–Crippen LogP) is 11.0. The minimum absolute atomic E-state index is 1.26. The molecule has 0 nitrogen and oxygen atoms in total. The third-order valence-corrected chi connectivity index (χ3v) is 11.5. The number of hydrogen-bond acceptors (Lipinski definition) is 0. The Hall–Kier alpha value is -1.08. The van der Waals surface area contributed by atoms with Gasteiger partial charge in [-0.25, -0.2) is 0 Å². The van der Waals surface area contributed by atoms with Gasteiger partial charge in [-0.1, -0.05) is 176 Å². The summed E-state index contributed by atoms with van der Waals surface area (Å²) in [4.78, 5) is 0. The van der Waals surface area contributed by atoms with Crippen molar-refractivity contribution in [3.8, 4) is 0 Å². The summed E-state index contributed by atoms with van der Waals surface area (Å²) < 4.78 is 0. The Labute approximate surface area is 215 Å². The largest absolute Gasteiger partial charge is 0.133 e. The topological polar surface area (TPSA) is 0 Å². The van der Waals surface area contributed by atoms with Crippen LogP contribution < -0.4 is 5.19 Å². The second-order valence-electron chi connectivity index (χ2n) is 10.5. The molecule has 1 aromatic rings. The molecule has 1 rings (SSSR count). The monoisotopic (exact) mass is 482 g/mol. The maximum absolute atomic E-state index is 2.72. The molecule has 1 unspecified atom stereocenters. The summed E-state index contributed by atoms with van der Waals surface area (Å²) in [5.74, 6) is 0. The van der Waals surface area contributed by atoms with Gasteiger partial charge in [-0.2, -0.15) is 0 Å². The highest BCUT2D eigenvalue weighted by molar-refractivity contribution is 6.99. The van der Waals surface area contributed by atoms with E-state index in [1.165, 1.54) is 128 Å². The van der Waals surface area contributed by atoms with Gasteiger partial charge in [-0.3, -0.25) is 0 Å². The molecule has 0 N–H and O–H groups in total. The molecule has 0 amide bonds. The minimum atomic E-state index is -1.75. The van der Waals surface area contributed by atoms with E-state index in [9.17, 15) is 0 Å². The standard InChI is InChI=1S/C33H58Si/c1-4-7-10-13-15-16-18-21-27-32-34(30-25-19-12-9-6-3,33-28-23-22-24-29-33)31-26-20-17-14-11-8-5-2/h22-24,26-29,31-32H,4-21,25,30H2,1-3H3. The number of allylic oxidation sites excluding steroid dienone is 2. The van der Waals surface area contributed by atoms with Crippen LogP contribution in [0.1, 0.15) is 143 Å². The van der Waals surface area contributed by atoms with Crippen LogP contribution in [0.2, 0.25) is 6.04 Å². The van der Waals surface area contributed by atoms with Crippen LogP contribution in [0.3, 0.4) is 0 Å². The quantitative estimate of drug-likeness (QED) is 0.107. The Kier molecular flexibility index (Phi) is 20.4. The summed E-state index contributed by atoms with van der Waals surface area (Å²) in [6, 6.07) is 12.9. The molecule has 1 aromatic carbocycles. The number of unbranched alkanes of at least 4 members (excludes halogenated alkanes) is 16. The molecule has 0 aliphatic heterocycles. The lowest BCUT2D eigenvalue weighted by Gasteiger charge is -2.26. The second-order valence-corrected chi connectivity index (χ2v) is 14.3. The lowest BCUT2D eigenvalue weighted by molar-refractivity contribution is 0.592. The normalized spacial score (nSPS) is 13.7. The van der Waals surface area contributed by atoms with E-state index in [-0.39, 0.29) is 0 Å². The molecule has 0 aliphatic rings. The maximum Gasteiger partial charge on any atom is 0.133 e. The van der Waals surface area contributed by atoms with Gasteiger partial charge >= 0.3 is 0 Å². The fraction of sp³-hybridized carbons (Fsp3) is 0.697. The molecule has 0 spiro atoms. The fourth-order valence-electron chi connectivity index (χ4n) is 5.00. The molecule has 0 radical (unpaired) electrons. The first-order valence-electron chi connectivity index (χ1n) is 15.2. The van der Waals surface area contributed by atoms with E-state index >= 15 is 0 Å². The maximum atomic E-state index is 2.72. The zero-order valence-electron chi connectivity index (χ0n) is 23.3. The van der Waals surface area contributed by atoms with Gasteiger partial charge in [-0.05, 0) is 31.7 Å². The van der Waals surface area contributed by atoms with Gasteiger partial charge in [0.15, 0.2) is 0 Å². The summed E-state index contributed by atoms with van der Waals surface area (Å²) in [6.07, 6.45) is 31.2. The van der Waals surface area contributed by atoms with Crippen molar-refractivity contribution >= 4 is 13.3 Å². The van der Waals surface area contributed by atoms with Gasteiger partial charge in [0.2, 0.25) is 0 Å². The minimum Gasteiger partial charge on any atom is -0.0917 e. The van der Waals surface area contributed by atoms with Crippen LogP contribution in [0.5, 0.6) is 0 Å². The van der Waals surface area contributed by atoms with E-state index in [1.807, 2.05) is 0 Å². The number of hydrogen-bond donors (Lipinski definition) is 0. The molecule has 0 aliphatic carbocycles. The highest BCUT2D eigenvalue weighted by Crippen LogP contribution is 2.21. The summed E-state index contributed by atoms with van der Waals surface area (Å²) in [7, 11) is -1.75. The van der Waals surface area contributed by atoms with Crippen LogP contribution in [-0.2, 0) is 0 Å². The molecule has 34 heavy (non-hydrogen) atoms. The van der Waals surface area contributed by atoms with Crippen molar-refractivity contribution in [3.05, 3.63) is 53.9 Å². The average Bonchev–Trinajstić information content (AvgIpc) is 2.87. The highest BCUT2D eigenvalue weighted by atomic mass is 28.3. The molecule has 1 atom stereocenters. The van der Waals surface area contributed by atoms with E-state index in [0.29, 0.717) is 0 Å². The first-order chi connectivity index (χ1) is 16.8. The zero-order valence-corrected chi connectivity index (χ0v) is 24.3. The van der Waals surface area contributed by atoms with Crippen molar-refractivity contribution in [2.75, 3.05) is 0 Å². The van der Waals surface area contributed by atoms with Gasteiger partial charge < -0.3 is 0 Å². The van der Waals surface area contributed by atoms with Crippen LogP contribution in [0.4, 0.5) is 0 Å². The summed E-state index contributed by atoms with van der Waals surface area (Å²) in [5, 5.41) is 1.61. The van der Waals surface area contributed by atoms with Crippen molar-refractivity contribution in [1.82, 2.24) is 0 Å². The van der Waals surface area contributed by atoms with Crippen LogP contribution in [0, 0.1) is 0 Å². The first-order valence-corrected chi connectivity index (χ1v) is 17.6. The highest BCUT2D eigenvalue weighted by Gasteiger charge is 2.28. The molecule has 0 fully saturated rings. The molecule has 0 saturated heterocycles. The molecular formula is C33H58Si. The second kappa shape index (κ2) is 22.4. The first kappa shape index (κ1) is 30.9. The number of rotatable bonds is 23. The summed E-state index contributed by atoms with van der Waals surface area (Å²) in [6.45, 7) is 6.93. The van der Waals surface area contributed by atoms with E-state index in [2.05, 4.69) is 74.7 Å². The van der Waals surface area contributed by atoms with Crippen molar-refractivity contribution in [3.63, 3.8) is 0 Å². The van der Waals surface area contributed by atoms with Crippen LogP contribution in [0.25, 0.3) is 0 Å². The molecule has 194 valence electrons. The van der Waals surface area contributed by atoms with Crippen molar-refractivity contribution in [2.45, 2.75) is 149 Å². The zero-order chi connectivity index (χ0) is 24.6. The Bertz CT molecular complexity index is 602. The van der Waals surface area contributed by atoms with Crippen molar-refractivity contribution in [2.24, 2.45) is 0 Å². The van der Waals surface area contributed by atoms with Gasteiger partial charge in [0.25, 0.3) is 0 Å². The fourth-order valence-corrected chi connectivity index (χ4v) is 8.94. The lowest BCUT2D eigenvalue weighted by Crippen LogP contribution is -2.44. The van der Waals surface area contributed by atoms with Gasteiger partial charge in [0.05, 0.1) is 0 Å². The molecule has 1 heteroatoms. The third-order valence-electron chi connectivity index (χ3n) is 7.28. The molecule has 0 heterocycles. The predicted molar refractivity (Wildman–Crippen MR) is 160 cm³/mol. The average molecular weight is 483 g/mol. The smallest absolute Gasteiger partial charge is 0.0917 e. The van der Waals surface area contributed by atoms with Crippen LogP contribution in [0.15, 0.2) is 53.9 Å². The van der Waals surface area contributed by atoms with Crippen molar-refractivity contribution in [1.29, 1.82) is 0 Å². The van der Waals surface area contributed by atoms with E-state index in [4.69, 9.17) is 0 Å². The van der Waals surface area contributed by atoms with E-state index in [1.54, 1.807) is 5.19 Å². The lowest BCUT2D eigenvalue weighted by atomic mass is 10.1. The van der Waals surface area contributed by atoms with E-state index < -0.39 is 8.07 Å². The molecular weight excluding hydrogens is 424 g/mol. The number of benzene rings is 1. The summed E-state index contributed by atoms with van der Waals surface area (Å²) >= 11 is 0. The van der Waals surface area contributed by atoms with Gasteiger partial charge in [0.1, 0.15) is 8.07 Å². The Balaban J connectivity index is 2.78. The summed E-state index contributed by atoms with van der Waals surface area (Å²) in [5.41, 5.74) is 5.43. The van der Waals surface area contributed by atoms with Crippen LogP contribution >= 0.6 is 0 Å².